The van der Waals surface area contributed by atoms with E-state index in [-0.39, 0.29) is 5.54 Å². The van der Waals surface area contributed by atoms with Crippen LogP contribution in [-0.2, 0) is 6.42 Å². The summed E-state index contributed by atoms with van der Waals surface area (Å²) in [5.74, 6) is 0. The third kappa shape index (κ3) is 3.33. The van der Waals surface area contributed by atoms with Gasteiger partial charge in [-0.3, -0.25) is 0 Å². The van der Waals surface area contributed by atoms with E-state index in [2.05, 4.69) is 68.3 Å². The minimum absolute atomic E-state index is 0.0120. The Hall–Kier alpha value is -1.35. The second kappa shape index (κ2) is 5.11. The molecule has 1 N–H and O–H groups in total. The molecule has 0 aliphatic rings. The zero-order valence-corrected chi connectivity index (χ0v) is 12.3. The topological polar surface area (TPSA) is 24.9 Å². The fourth-order valence-corrected chi connectivity index (χ4v) is 2.96. The Bertz CT molecular complexity index is 495. The molecule has 1 aromatic carbocycles. The lowest BCUT2D eigenvalue weighted by Gasteiger charge is -2.26. The van der Waals surface area contributed by atoms with E-state index in [0.29, 0.717) is 0 Å². The van der Waals surface area contributed by atoms with Crippen molar-refractivity contribution in [1.29, 1.82) is 0 Å². The first-order valence-electron chi connectivity index (χ1n) is 6.22. The van der Waals surface area contributed by atoms with Gasteiger partial charge in [0.25, 0.3) is 0 Å². The Balaban J connectivity index is 2.07. The molecule has 2 rings (SSSR count). The maximum Gasteiger partial charge on any atom is 0.183 e. The summed E-state index contributed by atoms with van der Waals surface area (Å²) in [6.45, 7) is 8.60. The van der Waals surface area contributed by atoms with Crippen LogP contribution in [0.5, 0.6) is 0 Å². The molecule has 0 saturated carbocycles. The van der Waals surface area contributed by atoms with Crippen LogP contribution >= 0.6 is 11.3 Å². The number of aromatic nitrogens is 1. The number of anilines is 1. The number of aryl methyl sites for hydroxylation is 2. The van der Waals surface area contributed by atoms with E-state index in [9.17, 15) is 0 Å². The van der Waals surface area contributed by atoms with Crippen molar-refractivity contribution in [3.05, 3.63) is 46.5 Å². The Morgan fingerprint density at radius 3 is 2.39 bits per heavy atom. The van der Waals surface area contributed by atoms with E-state index in [4.69, 9.17) is 0 Å². The van der Waals surface area contributed by atoms with Crippen molar-refractivity contribution in [3.8, 4) is 0 Å². The molecular formula is C15H20N2S. The Kier molecular flexibility index (Phi) is 3.71. The van der Waals surface area contributed by atoms with Crippen LogP contribution in [0.4, 0.5) is 5.13 Å². The van der Waals surface area contributed by atoms with Crippen LogP contribution in [0.1, 0.15) is 30.0 Å². The third-order valence-electron chi connectivity index (χ3n) is 2.96. The van der Waals surface area contributed by atoms with Gasteiger partial charge in [-0.1, -0.05) is 30.3 Å². The highest BCUT2D eigenvalue weighted by Gasteiger charge is 2.19. The molecule has 0 spiro atoms. The first-order chi connectivity index (χ1) is 8.46. The van der Waals surface area contributed by atoms with Gasteiger partial charge in [0.05, 0.1) is 5.69 Å². The van der Waals surface area contributed by atoms with Crippen molar-refractivity contribution in [3.63, 3.8) is 0 Å². The molecule has 0 fully saturated rings. The molecule has 0 aliphatic heterocycles. The molecule has 0 unspecified atom stereocenters. The minimum Gasteiger partial charge on any atom is -0.356 e. The zero-order chi connectivity index (χ0) is 13.2. The Labute approximate surface area is 113 Å². The van der Waals surface area contributed by atoms with E-state index in [1.54, 1.807) is 11.3 Å². The summed E-state index contributed by atoms with van der Waals surface area (Å²) in [6.07, 6.45) is 0.992. The van der Waals surface area contributed by atoms with Crippen molar-refractivity contribution in [2.45, 2.75) is 39.7 Å². The largest absolute Gasteiger partial charge is 0.356 e. The summed E-state index contributed by atoms with van der Waals surface area (Å²) < 4.78 is 0. The SMILES string of the molecule is Cc1nc(NC(C)(C)Cc2ccccc2)sc1C. The Morgan fingerprint density at radius 2 is 1.83 bits per heavy atom. The van der Waals surface area contributed by atoms with Gasteiger partial charge >= 0.3 is 0 Å². The quantitative estimate of drug-likeness (QED) is 0.891. The maximum absolute atomic E-state index is 4.54. The zero-order valence-electron chi connectivity index (χ0n) is 11.4. The van der Waals surface area contributed by atoms with Gasteiger partial charge in [-0.25, -0.2) is 4.98 Å². The van der Waals surface area contributed by atoms with Gasteiger partial charge < -0.3 is 5.32 Å². The van der Waals surface area contributed by atoms with Crippen LogP contribution in [-0.4, -0.2) is 10.5 Å². The standard InChI is InChI=1S/C15H20N2S/c1-11-12(2)18-14(16-11)17-15(3,4)10-13-8-6-5-7-9-13/h5-9H,10H2,1-4H3,(H,16,17). The average molecular weight is 260 g/mol. The molecular weight excluding hydrogens is 240 g/mol. The van der Waals surface area contributed by atoms with E-state index >= 15 is 0 Å². The van der Waals surface area contributed by atoms with Crippen molar-refractivity contribution >= 4 is 16.5 Å². The smallest absolute Gasteiger partial charge is 0.183 e. The van der Waals surface area contributed by atoms with Gasteiger partial charge in [-0.05, 0) is 39.7 Å². The monoisotopic (exact) mass is 260 g/mol. The minimum atomic E-state index is 0.0120. The van der Waals surface area contributed by atoms with Crippen LogP contribution in [0.3, 0.4) is 0 Å². The molecule has 1 heterocycles. The summed E-state index contributed by atoms with van der Waals surface area (Å²) in [5.41, 5.74) is 2.48. The summed E-state index contributed by atoms with van der Waals surface area (Å²) in [4.78, 5) is 5.83. The average Bonchev–Trinajstić information content (AvgIpc) is 2.57. The third-order valence-corrected chi connectivity index (χ3v) is 3.95. The van der Waals surface area contributed by atoms with E-state index in [0.717, 1.165) is 17.2 Å². The fraction of sp³-hybridized carbons (Fsp3) is 0.400. The first-order valence-corrected chi connectivity index (χ1v) is 7.04. The summed E-state index contributed by atoms with van der Waals surface area (Å²) >= 11 is 1.73. The van der Waals surface area contributed by atoms with Gasteiger partial charge in [0, 0.05) is 10.4 Å². The molecule has 1 aromatic heterocycles. The number of nitrogens with zero attached hydrogens (tertiary/aromatic N) is 1. The molecule has 2 nitrogen and oxygen atoms in total. The van der Waals surface area contributed by atoms with Gasteiger partial charge in [0.15, 0.2) is 5.13 Å². The first kappa shape index (κ1) is 13.1. The molecule has 18 heavy (non-hydrogen) atoms. The highest BCUT2D eigenvalue weighted by molar-refractivity contribution is 7.15. The summed E-state index contributed by atoms with van der Waals surface area (Å²) in [7, 11) is 0. The van der Waals surface area contributed by atoms with E-state index in [1.165, 1.54) is 10.4 Å². The predicted molar refractivity (Wildman–Crippen MR) is 79.4 cm³/mol. The van der Waals surface area contributed by atoms with Gasteiger partial charge in [-0.15, -0.1) is 11.3 Å². The second-order valence-corrected chi connectivity index (χ2v) is 6.54. The van der Waals surface area contributed by atoms with Crippen LogP contribution < -0.4 is 5.32 Å². The number of thiazole rings is 1. The summed E-state index contributed by atoms with van der Waals surface area (Å²) in [5, 5.41) is 4.56. The van der Waals surface area contributed by atoms with Gasteiger partial charge in [0.1, 0.15) is 0 Å². The van der Waals surface area contributed by atoms with Crippen LogP contribution in [0.25, 0.3) is 0 Å². The fourth-order valence-electron chi connectivity index (χ4n) is 1.97. The normalized spacial score (nSPS) is 11.6. The summed E-state index contributed by atoms with van der Waals surface area (Å²) in [6, 6.07) is 10.6. The van der Waals surface area contributed by atoms with Crippen LogP contribution in [0.2, 0.25) is 0 Å². The predicted octanol–water partition coefficient (Wildman–Crippen LogP) is 4.19. The lowest BCUT2D eigenvalue weighted by Crippen LogP contribution is -2.33. The lowest BCUT2D eigenvalue weighted by atomic mass is 9.95. The van der Waals surface area contributed by atoms with E-state index < -0.39 is 0 Å². The van der Waals surface area contributed by atoms with Gasteiger partial charge in [-0.2, -0.15) is 0 Å². The maximum atomic E-state index is 4.54. The molecule has 0 atom stereocenters. The molecule has 0 bridgehead atoms. The van der Waals surface area contributed by atoms with Crippen LogP contribution in [0.15, 0.2) is 30.3 Å². The highest BCUT2D eigenvalue weighted by atomic mass is 32.1. The van der Waals surface area contributed by atoms with Crippen molar-refractivity contribution in [2.75, 3.05) is 5.32 Å². The Morgan fingerprint density at radius 1 is 1.17 bits per heavy atom. The second-order valence-electron chi connectivity index (χ2n) is 5.33. The van der Waals surface area contributed by atoms with Crippen molar-refractivity contribution in [2.24, 2.45) is 0 Å². The number of nitrogens with one attached hydrogen (secondary N) is 1. The molecule has 0 saturated heterocycles. The van der Waals surface area contributed by atoms with Crippen LogP contribution in [0, 0.1) is 13.8 Å². The number of rotatable bonds is 4. The van der Waals surface area contributed by atoms with Crippen molar-refractivity contribution in [1.82, 2.24) is 4.98 Å². The molecule has 0 radical (unpaired) electrons. The molecule has 96 valence electrons. The number of hydrogen-bond acceptors (Lipinski definition) is 3. The highest BCUT2D eigenvalue weighted by Crippen LogP contribution is 2.25. The number of benzene rings is 1. The molecule has 2 aromatic rings. The molecule has 0 amide bonds. The van der Waals surface area contributed by atoms with E-state index in [1.807, 2.05) is 0 Å². The van der Waals surface area contributed by atoms with Gasteiger partial charge in [0.2, 0.25) is 0 Å². The lowest BCUT2D eigenvalue weighted by molar-refractivity contribution is 0.563. The van der Waals surface area contributed by atoms with Crippen molar-refractivity contribution < 1.29 is 0 Å². The molecule has 0 aliphatic carbocycles. The molecule has 3 heteroatoms. The number of hydrogen-bond donors (Lipinski definition) is 1.